The van der Waals surface area contributed by atoms with Crippen LogP contribution in [0.3, 0.4) is 0 Å². The number of halogens is 1. The maximum absolute atomic E-state index is 11.6. The van der Waals surface area contributed by atoms with E-state index in [1.165, 1.54) is 11.6 Å². The highest BCUT2D eigenvalue weighted by Crippen LogP contribution is 2.31. The lowest BCUT2D eigenvalue weighted by Gasteiger charge is -2.09. The predicted octanol–water partition coefficient (Wildman–Crippen LogP) is 4.74. The van der Waals surface area contributed by atoms with Gasteiger partial charge in [0.15, 0.2) is 5.76 Å². The van der Waals surface area contributed by atoms with Crippen LogP contribution in [-0.4, -0.2) is 11.0 Å². The molecule has 0 spiro atoms. The lowest BCUT2D eigenvalue weighted by molar-refractivity contribution is -0.254. The molecule has 0 fully saturated rings. The molecule has 0 aliphatic heterocycles. The Morgan fingerprint density at radius 1 is 1.04 bits per heavy atom. The average molecular weight is 377 g/mol. The number of aromatic carboxylic acids is 1. The van der Waals surface area contributed by atoms with E-state index in [0.29, 0.717) is 33.1 Å². The van der Waals surface area contributed by atoms with Gasteiger partial charge in [0.1, 0.15) is 11.5 Å². The Bertz CT molecular complexity index is 1150. The second kappa shape index (κ2) is 6.89. The van der Waals surface area contributed by atoms with E-state index in [4.69, 9.17) is 16.0 Å². The number of nitrogens with zero attached hydrogens (tertiary/aromatic N) is 1. The lowest BCUT2D eigenvalue weighted by atomic mass is 10.1. The minimum absolute atomic E-state index is 0.0303. The highest BCUT2D eigenvalue weighted by atomic mass is 35.5. The molecular weight excluding hydrogens is 362 g/mol. The Kier molecular flexibility index (Phi) is 4.42. The van der Waals surface area contributed by atoms with E-state index in [1.54, 1.807) is 24.3 Å². The van der Waals surface area contributed by atoms with E-state index < -0.39 is 5.97 Å². The number of hydrogen-bond donors (Lipinski definition) is 0. The van der Waals surface area contributed by atoms with Crippen LogP contribution in [-0.2, 0) is 6.42 Å². The summed E-state index contributed by atoms with van der Waals surface area (Å²) in [7, 11) is 0. The molecule has 4 rings (SSSR count). The molecule has 0 N–H and O–H groups in total. The molecule has 2 aromatic carbocycles. The first kappa shape index (κ1) is 17.3. The second-order valence-corrected chi connectivity index (χ2v) is 6.65. The third kappa shape index (κ3) is 3.32. The van der Waals surface area contributed by atoms with Crippen LogP contribution in [0.15, 0.2) is 65.1 Å². The van der Waals surface area contributed by atoms with Crippen molar-refractivity contribution in [3.63, 3.8) is 0 Å². The molecule has 0 aliphatic carbocycles. The number of furan rings is 1. The minimum atomic E-state index is -1.28. The van der Waals surface area contributed by atoms with Crippen LogP contribution in [0.25, 0.3) is 33.7 Å². The van der Waals surface area contributed by atoms with Crippen molar-refractivity contribution in [2.45, 2.75) is 13.3 Å². The summed E-state index contributed by atoms with van der Waals surface area (Å²) in [4.78, 5) is 16.1. The van der Waals surface area contributed by atoms with Crippen molar-refractivity contribution in [2.75, 3.05) is 0 Å². The standard InChI is InChI=1S/C22H16ClNO3/c1-2-13-3-5-14(6-4-13)20-9-10-21(27-20)19-12-17(22(25)26)16-11-15(23)7-8-18(16)24-19/h3-12H,2H2,1H3,(H,25,26)/p-1. The number of carbonyl (C=O) groups excluding carboxylic acids is 1. The summed E-state index contributed by atoms with van der Waals surface area (Å²) < 4.78 is 5.93. The molecule has 0 saturated carbocycles. The summed E-state index contributed by atoms with van der Waals surface area (Å²) in [6, 6.07) is 18.1. The summed E-state index contributed by atoms with van der Waals surface area (Å²) in [5.41, 5.74) is 3.18. The first-order valence-electron chi connectivity index (χ1n) is 8.56. The molecule has 0 unspecified atom stereocenters. The molecule has 4 aromatic rings. The van der Waals surface area contributed by atoms with E-state index in [0.717, 1.165) is 12.0 Å². The van der Waals surface area contributed by atoms with Crippen LogP contribution in [0.1, 0.15) is 22.8 Å². The van der Waals surface area contributed by atoms with Crippen molar-refractivity contribution in [1.82, 2.24) is 4.98 Å². The fraction of sp³-hybridized carbons (Fsp3) is 0.0909. The highest BCUT2D eigenvalue weighted by molar-refractivity contribution is 6.31. The number of pyridine rings is 1. The molecule has 0 atom stereocenters. The summed E-state index contributed by atoms with van der Waals surface area (Å²) in [5.74, 6) is -0.0996. The third-order valence-corrected chi connectivity index (χ3v) is 4.73. The van der Waals surface area contributed by atoms with E-state index in [-0.39, 0.29) is 5.56 Å². The Labute approximate surface area is 161 Å². The van der Waals surface area contributed by atoms with Crippen molar-refractivity contribution >= 4 is 28.5 Å². The van der Waals surface area contributed by atoms with Crippen LogP contribution in [0.5, 0.6) is 0 Å². The van der Waals surface area contributed by atoms with Crippen LogP contribution in [0.4, 0.5) is 0 Å². The van der Waals surface area contributed by atoms with Gasteiger partial charge < -0.3 is 14.3 Å². The zero-order valence-electron chi connectivity index (χ0n) is 14.5. The molecule has 4 nitrogen and oxygen atoms in total. The molecule has 0 bridgehead atoms. The van der Waals surface area contributed by atoms with E-state index >= 15 is 0 Å². The van der Waals surface area contributed by atoms with Gasteiger partial charge >= 0.3 is 0 Å². The largest absolute Gasteiger partial charge is 0.545 e. The number of fused-ring (bicyclic) bond motifs is 1. The zero-order valence-corrected chi connectivity index (χ0v) is 15.3. The topological polar surface area (TPSA) is 66.2 Å². The SMILES string of the molecule is CCc1ccc(-c2ccc(-c3cc(C(=O)[O-])c4cc(Cl)ccc4n3)o2)cc1. The molecular formula is C22H15ClNO3-. The number of aryl methyl sites for hydroxylation is 1. The molecule has 0 saturated heterocycles. The smallest absolute Gasteiger partial charge is 0.153 e. The van der Waals surface area contributed by atoms with Gasteiger partial charge in [-0.3, -0.25) is 0 Å². The van der Waals surface area contributed by atoms with Gasteiger partial charge in [-0.1, -0.05) is 42.8 Å². The molecule has 0 aliphatic rings. The summed E-state index contributed by atoms with van der Waals surface area (Å²) >= 11 is 5.99. The van der Waals surface area contributed by atoms with Gasteiger partial charge in [-0.25, -0.2) is 4.98 Å². The van der Waals surface area contributed by atoms with Crippen molar-refractivity contribution in [2.24, 2.45) is 0 Å². The van der Waals surface area contributed by atoms with Crippen LogP contribution in [0.2, 0.25) is 5.02 Å². The second-order valence-electron chi connectivity index (χ2n) is 6.22. The Morgan fingerprint density at radius 2 is 1.78 bits per heavy atom. The maximum Gasteiger partial charge on any atom is 0.153 e. The molecule has 2 aromatic heterocycles. The fourth-order valence-corrected chi connectivity index (χ4v) is 3.20. The van der Waals surface area contributed by atoms with Crippen LogP contribution in [0, 0.1) is 0 Å². The third-order valence-electron chi connectivity index (χ3n) is 4.50. The van der Waals surface area contributed by atoms with Crippen molar-refractivity contribution in [1.29, 1.82) is 0 Å². The number of rotatable bonds is 4. The van der Waals surface area contributed by atoms with Crippen LogP contribution >= 0.6 is 11.6 Å². The summed E-state index contributed by atoms with van der Waals surface area (Å²) in [5, 5.41) is 12.5. The number of hydrogen-bond acceptors (Lipinski definition) is 4. The van der Waals surface area contributed by atoms with Gasteiger partial charge in [0.25, 0.3) is 0 Å². The summed E-state index contributed by atoms with van der Waals surface area (Å²) in [6.45, 7) is 2.10. The van der Waals surface area contributed by atoms with Gasteiger partial charge in [0.05, 0.1) is 11.5 Å². The van der Waals surface area contributed by atoms with Gasteiger partial charge in [-0.05, 0) is 48.4 Å². The van der Waals surface area contributed by atoms with E-state index in [9.17, 15) is 9.90 Å². The van der Waals surface area contributed by atoms with Crippen LogP contribution < -0.4 is 5.11 Å². The monoisotopic (exact) mass is 376 g/mol. The predicted molar refractivity (Wildman–Crippen MR) is 104 cm³/mol. The number of aromatic nitrogens is 1. The molecule has 2 heterocycles. The lowest BCUT2D eigenvalue weighted by Crippen LogP contribution is -2.22. The Balaban J connectivity index is 1.79. The first-order valence-corrected chi connectivity index (χ1v) is 8.94. The van der Waals surface area contributed by atoms with Crippen molar-refractivity contribution in [3.05, 3.63) is 76.8 Å². The molecule has 27 heavy (non-hydrogen) atoms. The highest BCUT2D eigenvalue weighted by Gasteiger charge is 2.13. The van der Waals surface area contributed by atoms with E-state index in [2.05, 4.69) is 24.0 Å². The average Bonchev–Trinajstić information content (AvgIpc) is 3.17. The normalized spacial score (nSPS) is 11.0. The number of benzene rings is 2. The van der Waals surface area contributed by atoms with E-state index in [1.807, 2.05) is 18.2 Å². The molecule has 0 radical (unpaired) electrons. The maximum atomic E-state index is 11.6. The first-order chi connectivity index (χ1) is 13.0. The van der Waals surface area contributed by atoms with Gasteiger partial charge in [-0.15, -0.1) is 0 Å². The number of carbonyl (C=O) groups is 1. The number of carboxylic acids is 1. The Morgan fingerprint density at radius 3 is 2.48 bits per heavy atom. The van der Waals surface area contributed by atoms with Gasteiger partial charge in [0, 0.05) is 21.5 Å². The zero-order chi connectivity index (χ0) is 19.0. The summed E-state index contributed by atoms with van der Waals surface area (Å²) in [6.07, 6.45) is 0.973. The minimum Gasteiger partial charge on any atom is -0.545 e. The van der Waals surface area contributed by atoms with Gasteiger partial charge in [0.2, 0.25) is 0 Å². The Hall–Kier alpha value is -3.11. The molecule has 0 amide bonds. The van der Waals surface area contributed by atoms with Gasteiger partial charge in [-0.2, -0.15) is 0 Å². The van der Waals surface area contributed by atoms with Crippen molar-refractivity contribution < 1.29 is 14.3 Å². The molecule has 5 heteroatoms. The number of carboxylic acid groups (broad SMARTS) is 1. The quantitative estimate of drug-likeness (QED) is 0.516. The van der Waals surface area contributed by atoms with Crippen molar-refractivity contribution in [3.8, 4) is 22.8 Å². The molecule has 134 valence electrons. The fourth-order valence-electron chi connectivity index (χ4n) is 3.03.